The topological polar surface area (TPSA) is 69.9 Å². The molecule has 4 nitrogen and oxygen atoms in total. The summed E-state index contributed by atoms with van der Waals surface area (Å²) >= 11 is 1.71. The zero-order valence-electron chi connectivity index (χ0n) is 15.2. The SMILES string of the molecule is CCc1ccc(Cc2cc(C3CC(O)CC(CO)O3)c(CCO)s2)cc1. The molecule has 3 atom stereocenters. The first-order chi connectivity index (χ1) is 12.6. The summed E-state index contributed by atoms with van der Waals surface area (Å²) in [7, 11) is 0. The van der Waals surface area contributed by atoms with Crippen molar-refractivity contribution in [2.75, 3.05) is 13.2 Å². The highest BCUT2D eigenvalue weighted by Crippen LogP contribution is 2.37. The monoisotopic (exact) mass is 376 g/mol. The van der Waals surface area contributed by atoms with E-state index in [1.807, 2.05) is 0 Å². The Bertz CT molecular complexity index is 695. The van der Waals surface area contributed by atoms with Crippen molar-refractivity contribution in [2.24, 2.45) is 0 Å². The smallest absolute Gasteiger partial charge is 0.0865 e. The Labute approximate surface area is 159 Å². The Morgan fingerprint density at radius 1 is 1.12 bits per heavy atom. The van der Waals surface area contributed by atoms with Crippen molar-refractivity contribution < 1.29 is 20.1 Å². The van der Waals surface area contributed by atoms with Crippen LogP contribution in [0.4, 0.5) is 0 Å². The van der Waals surface area contributed by atoms with E-state index in [1.165, 1.54) is 16.0 Å². The summed E-state index contributed by atoms with van der Waals surface area (Å²) in [6, 6.07) is 10.8. The Hall–Kier alpha value is -1.24. The van der Waals surface area contributed by atoms with Crippen LogP contribution in [0.25, 0.3) is 0 Å². The molecule has 3 rings (SSSR count). The van der Waals surface area contributed by atoms with Crippen molar-refractivity contribution in [1.82, 2.24) is 0 Å². The van der Waals surface area contributed by atoms with Gasteiger partial charge in [0.15, 0.2) is 0 Å². The van der Waals surface area contributed by atoms with Crippen LogP contribution in [0.1, 0.15) is 52.3 Å². The van der Waals surface area contributed by atoms with Crippen LogP contribution in [0.2, 0.25) is 0 Å². The summed E-state index contributed by atoms with van der Waals surface area (Å²) < 4.78 is 5.99. The van der Waals surface area contributed by atoms with Crippen LogP contribution in [0.15, 0.2) is 30.3 Å². The van der Waals surface area contributed by atoms with Crippen molar-refractivity contribution >= 4 is 11.3 Å². The second kappa shape index (κ2) is 9.11. The fourth-order valence-electron chi connectivity index (χ4n) is 3.56. The standard InChI is InChI=1S/C21H28O4S/c1-2-14-3-5-15(6-4-14)9-18-12-19(21(26-18)7-8-22)20-11-16(24)10-17(13-23)25-20/h3-6,12,16-17,20,22-24H,2,7-11,13H2,1H3. The predicted molar refractivity (Wildman–Crippen MR) is 104 cm³/mol. The Morgan fingerprint density at radius 3 is 2.50 bits per heavy atom. The molecule has 1 fully saturated rings. The number of ether oxygens (including phenoxy) is 1. The third-order valence-electron chi connectivity index (χ3n) is 4.97. The molecule has 5 heteroatoms. The van der Waals surface area contributed by atoms with Crippen molar-refractivity contribution in [3.63, 3.8) is 0 Å². The molecule has 0 aliphatic carbocycles. The minimum absolute atomic E-state index is 0.0797. The molecular weight excluding hydrogens is 348 g/mol. The van der Waals surface area contributed by atoms with Crippen molar-refractivity contribution in [3.05, 3.63) is 56.8 Å². The highest BCUT2D eigenvalue weighted by molar-refractivity contribution is 7.12. The van der Waals surface area contributed by atoms with E-state index >= 15 is 0 Å². The molecule has 142 valence electrons. The van der Waals surface area contributed by atoms with Gasteiger partial charge in [-0.15, -0.1) is 11.3 Å². The summed E-state index contributed by atoms with van der Waals surface area (Å²) in [5.74, 6) is 0. The zero-order chi connectivity index (χ0) is 18.5. The number of aliphatic hydroxyl groups is 3. The first-order valence-corrected chi connectivity index (χ1v) is 10.2. The molecule has 0 bridgehead atoms. The number of hydrogen-bond donors (Lipinski definition) is 3. The lowest BCUT2D eigenvalue weighted by molar-refractivity contribution is -0.113. The molecule has 1 aromatic carbocycles. The van der Waals surface area contributed by atoms with Gasteiger partial charge in [-0.05, 0) is 29.2 Å². The maximum absolute atomic E-state index is 10.1. The minimum atomic E-state index is -0.460. The molecule has 1 aliphatic rings. The average molecular weight is 377 g/mol. The van der Waals surface area contributed by atoms with Gasteiger partial charge in [0.05, 0.1) is 24.9 Å². The van der Waals surface area contributed by atoms with E-state index in [4.69, 9.17) is 4.74 Å². The first-order valence-electron chi connectivity index (χ1n) is 9.37. The van der Waals surface area contributed by atoms with Crippen molar-refractivity contribution in [2.45, 2.75) is 57.3 Å². The predicted octanol–water partition coefficient (Wildman–Crippen LogP) is 3.01. The molecule has 0 spiro atoms. The molecule has 1 aromatic heterocycles. The number of aryl methyl sites for hydroxylation is 1. The van der Waals surface area contributed by atoms with Gasteiger partial charge in [-0.25, -0.2) is 0 Å². The summed E-state index contributed by atoms with van der Waals surface area (Å²) in [4.78, 5) is 2.35. The molecule has 3 unspecified atom stereocenters. The van der Waals surface area contributed by atoms with E-state index in [0.717, 1.165) is 23.3 Å². The second-order valence-electron chi connectivity index (χ2n) is 6.97. The fraction of sp³-hybridized carbons (Fsp3) is 0.524. The summed E-state index contributed by atoms with van der Waals surface area (Å²) in [6.07, 6.45) is 2.50. The average Bonchev–Trinajstić information content (AvgIpc) is 3.04. The lowest BCUT2D eigenvalue weighted by Gasteiger charge is -2.32. The van der Waals surface area contributed by atoms with Gasteiger partial charge < -0.3 is 20.1 Å². The van der Waals surface area contributed by atoms with E-state index in [2.05, 4.69) is 37.3 Å². The zero-order valence-corrected chi connectivity index (χ0v) is 16.0. The fourth-order valence-corrected chi connectivity index (χ4v) is 4.80. The number of rotatable bonds is 7. The van der Waals surface area contributed by atoms with Gasteiger partial charge in [0, 0.05) is 42.0 Å². The third-order valence-corrected chi connectivity index (χ3v) is 6.18. The van der Waals surface area contributed by atoms with E-state index in [9.17, 15) is 15.3 Å². The maximum atomic E-state index is 10.1. The second-order valence-corrected chi connectivity index (χ2v) is 8.19. The normalized spacial score (nSPS) is 23.3. The lowest BCUT2D eigenvalue weighted by atomic mass is 9.95. The lowest BCUT2D eigenvalue weighted by Crippen LogP contribution is -2.33. The van der Waals surface area contributed by atoms with E-state index < -0.39 is 6.10 Å². The van der Waals surface area contributed by atoms with Gasteiger partial charge in [0.1, 0.15) is 0 Å². The van der Waals surface area contributed by atoms with Gasteiger partial charge in [-0.2, -0.15) is 0 Å². The van der Waals surface area contributed by atoms with Gasteiger partial charge in [0.2, 0.25) is 0 Å². The van der Waals surface area contributed by atoms with Gasteiger partial charge in [-0.3, -0.25) is 0 Å². The largest absolute Gasteiger partial charge is 0.396 e. The van der Waals surface area contributed by atoms with Crippen LogP contribution in [-0.4, -0.2) is 40.7 Å². The van der Waals surface area contributed by atoms with Gasteiger partial charge in [-0.1, -0.05) is 31.2 Å². The van der Waals surface area contributed by atoms with Crippen LogP contribution >= 0.6 is 11.3 Å². The van der Waals surface area contributed by atoms with E-state index in [0.29, 0.717) is 19.3 Å². The molecule has 2 aromatic rings. The Kier molecular flexibility index (Phi) is 6.84. The molecule has 0 saturated carbocycles. The third kappa shape index (κ3) is 4.72. The molecule has 2 heterocycles. The summed E-state index contributed by atoms with van der Waals surface area (Å²) in [5, 5.41) is 29.0. The Balaban J connectivity index is 1.80. The molecule has 1 aliphatic heterocycles. The van der Waals surface area contributed by atoms with Crippen LogP contribution < -0.4 is 0 Å². The number of benzene rings is 1. The molecule has 26 heavy (non-hydrogen) atoms. The first kappa shape index (κ1) is 19.5. The number of aliphatic hydroxyl groups excluding tert-OH is 3. The van der Waals surface area contributed by atoms with Crippen LogP contribution in [0.3, 0.4) is 0 Å². The molecule has 0 radical (unpaired) electrons. The minimum Gasteiger partial charge on any atom is -0.396 e. The van der Waals surface area contributed by atoms with Crippen LogP contribution in [0, 0.1) is 0 Å². The highest BCUT2D eigenvalue weighted by atomic mass is 32.1. The summed E-state index contributed by atoms with van der Waals surface area (Å²) in [5.41, 5.74) is 3.66. The van der Waals surface area contributed by atoms with Gasteiger partial charge >= 0.3 is 0 Å². The molecule has 0 amide bonds. The quantitative estimate of drug-likeness (QED) is 0.695. The van der Waals surface area contributed by atoms with E-state index in [-0.39, 0.29) is 25.4 Å². The summed E-state index contributed by atoms with van der Waals surface area (Å²) in [6.45, 7) is 2.17. The molecule has 1 saturated heterocycles. The van der Waals surface area contributed by atoms with Crippen molar-refractivity contribution in [1.29, 1.82) is 0 Å². The van der Waals surface area contributed by atoms with Gasteiger partial charge in [0.25, 0.3) is 0 Å². The number of hydrogen-bond acceptors (Lipinski definition) is 5. The maximum Gasteiger partial charge on any atom is 0.0865 e. The van der Waals surface area contributed by atoms with Crippen LogP contribution in [0.5, 0.6) is 0 Å². The Morgan fingerprint density at radius 2 is 1.85 bits per heavy atom. The highest BCUT2D eigenvalue weighted by Gasteiger charge is 2.31. The van der Waals surface area contributed by atoms with E-state index in [1.54, 1.807) is 11.3 Å². The number of thiophene rings is 1. The van der Waals surface area contributed by atoms with Crippen molar-refractivity contribution in [3.8, 4) is 0 Å². The molecule has 3 N–H and O–H groups in total. The molecular formula is C21H28O4S. The van der Waals surface area contributed by atoms with Crippen LogP contribution in [-0.2, 0) is 24.0 Å².